The van der Waals surface area contributed by atoms with Crippen molar-refractivity contribution in [2.45, 2.75) is 31.2 Å². The predicted molar refractivity (Wildman–Crippen MR) is 115 cm³/mol. The third-order valence-electron chi connectivity index (χ3n) is 5.75. The normalized spacial score (nSPS) is 16.1. The van der Waals surface area contributed by atoms with Crippen molar-refractivity contribution < 1.29 is 13.2 Å². The van der Waals surface area contributed by atoms with Crippen molar-refractivity contribution in [3.63, 3.8) is 0 Å². The average Bonchev–Trinajstić information content (AvgIpc) is 2.77. The summed E-state index contributed by atoms with van der Waals surface area (Å²) in [5, 5.41) is 0.612. The van der Waals surface area contributed by atoms with Crippen molar-refractivity contribution in [1.82, 2.24) is 13.9 Å². The molecule has 0 atom stereocenters. The first kappa shape index (κ1) is 20.6. The van der Waals surface area contributed by atoms with Crippen molar-refractivity contribution in [2.24, 2.45) is 5.92 Å². The van der Waals surface area contributed by atoms with Gasteiger partial charge in [0.2, 0.25) is 10.0 Å². The number of nitrogens with zero attached hydrogens (tertiary/aromatic N) is 3. The lowest BCUT2D eigenvalue weighted by molar-refractivity contribution is 0.250. The smallest absolute Gasteiger partial charge is 0.261 e. The van der Waals surface area contributed by atoms with Gasteiger partial charge in [0.15, 0.2) is 0 Å². The van der Waals surface area contributed by atoms with E-state index in [1.807, 2.05) is 25.1 Å². The van der Waals surface area contributed by atoms with E-state index in [4.69, 9.17) is 4.74 Å². The van der Waals surface area contributed by atoms with Crippen LogP contribution >= 0.6 is 0 Å². The summed E-state index contributed by atoms with van der Waals surface area (Å²) < 4.78 is 34.4. The van der Waals surface area contributed by atoms with Gasteiger partial charge in [-0.3, -0.25) is 9.36 Å². The summed E-state index contributed by atoms with van der Waals surface area (Å²) in [7, 11) is -2.05. The molecule has 1 aliphatic rings. The molecule has 8 heteroatoms. The fourth-order valence-electron chi connectivity index (χ4n) is 4.00. The molecular formula is C22H25N3O4S. The number of benzene rings is 2. The molecule has 0 N–H and O–H groups in total. The van der Waals surface area contributed by atoms with Crippen LogP contribution in [0.5, 0.6) is 5.75 Å². The summed E-state index contributed by atoms with van der Waals surface area (Å²) >= 11 is 0. The number of hydrogen-bond acceptors (Lipinski definition) is 5. The van der Waals surface area contributed by atoms with Gasteiger partial charge in [0, 0.05) is 25.7 Å². The summed E-state index contributed by atoms with van der Waals surface area (Å²) in [6, 6.07) is 13.9. The largest absolute Gasteiger partial charge is 0.497 e. The van der Waals surface area contributed by atoms with Gasteiger partial charge >= 0.3 is 0 Å². The molecule has 0 saturated carbocycles. The molecule has 2 heterocycles. The van der Waals surface area contributed by atoms with Gasteiger partial charge in [0.05, 0.1) is 22.9 Å². The zero-order valence-corrected chi connectivity index (χ0v) is 17.9. The maximum absolute atomic E-state index is 13.0. The second-order valence-corrected chi connectivity index (χ2v) is 9.56. The Hall–Kier alpha value is -2.71. The van der Waals surface area contributed by atoms with Crippen molar-refractivity contribution in [1.29, 1.82) is 0 Å². The van der Waals surface area contributed by atoms with Crippen LogP contribution in [0.2, 0.25) is 0 Å². The van der Waals surface area contributed by atoms with Crippen LogP contribution in [-0.4, -0.2) is 42.5 Å². The first-order valence-electron chi connectivity index (χ1n) is 10.0. The van der Waals surface area contributed by atoms with Crippen molar-refractivity contribution >= 4 is 20.9 Å². The van der Waals surface area contributed by atoms with E-state index in [-0.39, 0.29) is 16.4 Å². The molecule has 2 aromatic carbocycles. The van der Waals surface area contributed by atoms with Crippen LogP contribution < -0.4 is 10.3 Å². The molecule has 1 aliphatic heterocycles. The number of methoxy groups -OCH3 is 1. The Bertz CT molecular complexity index is 1230. The first-order valence-corrected chi connectivity index (χ1v) is 11.4. The fourth-order valence-corrected chi connectivity index (χ4v) is 5.50. The summed E-state index contributed by atoms with van der Waals surface area (Å²) in [5.41, 5.74) is 0.667. The summed E-state index contributed by atoms with van der Waals surface area (Å²) in [6.07, 6.45) is 1.39. The average molecular weight is 428 g/mol. The van der Waals surface area contributed by atoms with Crippen LogP contribution in [0.3, 0.4) is 0 Å². The van der Waals surface area contributed by atoms with Crippen LogP contribution in [-0.2, 0) is 16.6 Å². The van der Waals surface area contributed by atoms with E-state index in [2.05, 4.69) is 4.98 Å². The second-order valence-electron chi connectivity index (χ2n) is 7.62. The number of rotatable bonds is 5. The topological polar surface area (TPSA) is 81.5 Å². The molecule has 1 saturated heterocycles. The Morgan fingerprint density at radius 2 is 1.83 bits per heavy atom. The number of piperidine rings is 1. The summed E-state index contributed by atoms with van der Waals surface area (Å²) in [6.45, 7) is 3.25. The molecule has 1 fully saturated rings. The first-order chi connectivity index (χ1) is 14.4. The molecule has 3 aromatic rings. The molecule has 0 unspecified atom stereocenters. The van der Waals surface area contributed by atoms with Gasteiger partial charge in [-0.2, -0.15) is 4.31 Å². The highest BCUT2D eigenvalue weighted by Crippen LogP contribution is 2.26. The lowest BCUT2D eigenvalue weighted by Gasteiger charge is -2.31. The van der Waals surface area contributed by atoms with Crippen molar-refractivity contribution in [3.05, 3.63) is 64.7 Å². The zero-order valence-electron chi connectivity index (χ0n) is 17.1. The fraction of sp³-hybridized carbons (Fsp3) is 0.364. The van der Waals surface area contributed by atoms with Crippen LogP contribution in [0, 0.1) is 12.8 Å². The number of para-hydroxylation sites is 1. The van der Waals surface area contributed by atoms with Gasteiger partial charge in [-0.1, -0.05) is 18.2 Å². The summed E-state index contributed by atoms with van der Waals surface area (Å²) in [5.74, 6) is 1.43. The number of aromatic nitrogens is 2. The van der Waals surface area contributed by atoms with Crippen LogP contribution in [0.1, 0.15) is 18.7 Å². The van der Waals surface area contributed by atoms with E-state index in [1.54, 1.807) is 34.9 Å². The molecular weight excluding hydrogens is 402 g/mol. The number of sulfonamides is 1. The van der Waals surface area contributed by atoms with Crippen molar-refractivity contribution in [3.8, 4) is 5.75 Å². The van der Waals surface area contributed by atoms with Crippen LogP contribution in [0.15, 0.2) is 58.2 Å². The lowest BCUT2D eigenvalue weighted by Crippen LogP contribution is -2.40. The van der Waals surface area contributed by atoms with Gasteiger partial charge in [-0.25, -0.2) is 13.4 Å². The zero-order chi connectivity index (χ0) is 21.3. The lowest BCUT2D eigenvalue weighted by atomic mass is 9.98. The second kappa shape index (κ2) is 8.20. The van der Waals surface area contributed by atoms with E-state index in [0.717, 1.165) is 0 Å². The molecule has 0 spiro atoms. The minimum Gasteiger partial charge on any atom is -0.497 e. The van der Waals surface area contributed by atoms with Gasteiger partial charge in [0.1, 0.15) is 11.6 Å². The van der Waals surface area contributed by atoms with Gasteiger partial charge in [-0.15, -0.1) is 0 Å². The minimum absolute atomic E-state index is 0.0375. The number of hydrogen-bond donors (Lipinski definition) is 0. The number of fused-ring (bicyclic) bond motifs is 1. The Morgan fingerprint density at radius 1 is 1.10 bits per heavy atom. The summed E-state index contributed by atoms with van der Waals surface area (Å²) in [4.78, 5) is 17.7. The Labute approximate surface area is 176 Å². The molecule has 0 aliphatic carbocycles. The van der Waals surface area contributed by atoms with E-state index in [9.17, 15) is 13.2 Å². The molecule has 30 heavy (non-hydrogen) atoms. The molecule has 158 valence electrons. The van der Waals surface area contributed by atoms with Crippen LogP contribution in [0.4, 0.5) is 0 Å². The highest BCUT2D eigenvalue weighted by molar-refractivity contribution is 7.89. The van der Waals surface area contributed by atoms with E-state index >= 15 is 0 Å². The molecule has 0 bridgehead atoms. The molecule has 0 amide bonds. The van der Waals surface area contributed by atoms with Crippen LogP contribution in [0.25, 0.3) is 10.9 Å². The van der Waals surface area contributed by atoms with Gasteiger partial charge in [-0.05, 0) is 49.9 Å². The Balaban J connectivity index is 1.49. The molecule has 7 nitrogen and oxygen atoms in total. The molecule has 0 radical (unpaired) electrons. The van der Waals surface area contributed by atoms with E-state index < -0.39 is 10.0 Å². The number of aryl methyl sites for hydroxylation is 1. The quantitative estimate of drug-likeness (QED) is 0.625. The van der Waals surface area contributed by atoms with E-state index in [0.29, 0.717) is 55.0 Å². The Morgan fingerprint density at radius 3 is 2.57 bits per heavy atom. The van der Waals surface area contributed by atoms with Gasteiger partial charge in [0.25, 0.3) is 5.56 Å². The standard InChI is InChI=1S/C22H25N3O4S/c1-16-23-21-9-4-3-8-20(21)22(26)25(16)15-17-10-12-24(13-11-17)30(27,28)19-7-5-6-18(14-19)29-2/h3-9,14,17H,10-13,15H2,1-2H3. The SMILES string of the molecule is COc1cccc(S(=O)(=O)N2CCC(Cn3c(C)nc4ccccc4c3=O)CC2)c1. The maximum Gasteiger partial charge on any atom is 0.261 e. The monoisotopic (exact) mass is 427 g/mol. The minimum atomic E-state index is -3.56. The van der Waals surface area contributed by atoms with Gasteiger partial charge < -0.3 is 4.74 Å². The Kier molecular flexibility index (Phi) is 5.62. The highest BCUT2D eigenvalue weighted by Gasteiger charge is 2.30. The maximum atomic E-state index is 13.0. The number of ether oxygens (including phenoxy) is 1. The highest BCUT2D eigenvalue weighted by atomic mass is 32.2. The third kappa shape index (κ3) is 3.85. The molecule has 1 aromatic heterocycles. The molecule has 4 rings (SSSR count). The third-order valence-corrected chi connectivity index (χ3v) is 7.64. The van der Waals surface area contributed by atoms with Crippen molar-refractivity contribution in [2.75, 3.05) is 20.2 Å². The predicted octanol–water partition coefficient (Wildman–Crippen LogP) is 2.81. The van der Waals surface area contributed by atoms with E-state index in [1.165, 1.54) is 11.4 Å².